The Kier molecular flexibility index (Phi) is 8.50. The number of fused-ring (bicyclic) bond motifs is 1. The molecule has 0 saturated heterocycles. The molecule has 38 heavy (non-hydrogen) atoms. The first-order valence-electron chi connectivity index (χ1n) is 12.4. The Labute approximate surface area is 220 Å². The Morgan fingerprint density at radius 2 is 1.61 bits per heavy atom. The molecule has 4 rings (SSSR count). The molecule has 0 aliphatic carbocycles. The zero-order chi connectivity index (χ0) is 27.1. The molecule has 1 aliphatic rings. The Balaban J connectivity index is 1.40. The zero-order valence-electron chi connectivity index (χ0n) is 21.1. The quantitative estimate of drug-likeness (QED) is 0.314. The van der Waals surface area contributed by atoms with Crippen LogP contribution in [0.5, 0.6) is 0 Å². The molecule has 1 aliphatic heterocycles. The maximum absolute atomic E-state index is 13.0. The molecule has 4 amide bonds. The summed E-state index contributed by atoms with van der Waals surface area (Å²) in [6, 6.07) is 20.3. The van der Waals surface area contributed by atoms with E-state index in [1.807, 2.05) is 12.1 Å². The SMILES string of the molecule is CCOC(=O)CCc1ccc(N(CCO)C(=O)NCc2cccc(N3C(=O)c4ccccc4C3=O)c2)cc1. The number of rotatable bonds is 10. The number of aliphatic hydroxyl groups is 1. The average molecular weight is 516 g/mol. The maximum Gasteiger partial charge on any atom is 0.322 e. The fourth-order valence-corrected chi connectivity index (χ4v) is 4.27. The van der Waals surface area contributed by atoms with Gasteiger partial charge in [0.05, 0.1) is 36.6 Å². The zero-order valence-corrected chi connectivity index (χ0v) is 21.1. The van der Waals surface area contributed by atoms with Crippen LogP contribution in [0.3, 0.4) is 0 Å². The Hall–Kier alpha value is -4.50. The van der Waals surface area contributed by atoms with Crippen molar-refractivity contribution in [3.05, 3.63) is 95.1 Å². The molecule has 3 aromatic carbocycles. The van der Waals surface area contributed by atoms with Crippen molar-refractivity contribution in [2.75, 3.05) is 29.6 Å². The van der Waals surface area contributed by atoms with Crippen LogP contribution in [-0.4, -0.2) is 48.7 Å². The minimum Gasteiger partial charge on any atom is -0.466 e. The lowest BCUT2D eigenvalue weighted by atomic mass is 10.1. The number of carbonyl (C=O) groups excluding carboxylic acids is 4. The van der Waals surface area contributed by atoms with E-state index in [0.29, 0.717) is 41.1 Å². The highest BCUT2D eigenvalue weighted by Crippen LogP contribution is 2.28. The molecular formula is C29H29N3O6. The summed E-state index contributed by atoms with van der Waals surface area (Å²) in [5.74, 6) is -1.02. The van der Waals surface area contributed by atoms with Gasteiger partial charge in [0.15, 0.2) is 0 Å². The summed E-state index contributed by atoms with van der Waals surface area (Å²) in [4.78, 5) is 52.8. The van der Waals surface area contributed by atoms with E-state index in [4.69, 9.17) is 4.74 Å². The number of benzene rings is 3. The number of nitrogens with one attached hydrogen (secondary N) is 1. The van der Waals surface area contributed by atoms with Crippen molar-refractivity contribution in [2.24, 2.45) is 0 Å². The van der Waals surface area contributed by atoms with Crippen molar-refractivity contribution in [3.63, 3.8) is 0 Å². The summed E-state index contributed by atoms with van der Waals surface area (Å²) in [6.45, 7) is 2.11. The highest BCUT2D eigenvalue weighted by atomic mass is 16.5. The number of imide groups is 1. The van der Waals surface area contributed by atoms with Gasteiger partial charge >= 0.3 is 12.0 Å². The minimum absolute atomic E-state index is 0.0864. The third-order valence-electron chi connectivity index (χ3n) is 6.15. The van der Waals surface area contributed by atoms with Gasteiger partial charge in [-0.25, -0.2) is 9.69 Å². The number of aliphatic hydroxyl groups excluding tert-OH is 1. The molecule has 3 aromatic rings. The van der Waals surface area contributed by atoms with Gasteiger partial charge in [0.1, 0.15) is 0 Å². The normalized spacial score (nSPS) is 12.3. The van der Waals surface area contributed by atoms with Crippen molar-refractivity contribution in [3.8, 4) is 0 Å². The maximum atomic E-state index is 13.0. The summed E-state index contributed by atoms with van der Waals surface area (Å²) in [6.07, 6.45) is 0.794. The van der Waals surface area contributed by atoms with Crippen LogP contribution in [0.2, 0.25) is 0 Å². The van der Waals surface area contributed by atoms with Crippen LogP contribution in [0.25, 0.3) is 0 Å². The lowest BCUT2D eigenvalue weighted by Crippen LogP contribution is -2.41. The number of amides is 4. The van der Waals surface area contributed by atoms with E-state index in [1.54, 1.807) is 67.6 Å². The Morgan fingerprint density at radius 3 is 2.24 bits per heavy atom. The third-order valence-corrected chi connectivity index (χ3v) is 6.15. The number of ether oxygens (including phenoxy) is 1. The fourth-order valence-electron chi connectivity index (χ4n) is 4.27. The van der Waals surface area contributed by atoms with Crippen molar-refractivity contribution < 1.29 is 29.0 Å². The number of urea groups is 1. The van der Waals surface area contributed by atoms with Crippen LogP contribution in [0, 0.1) is 0 Å². The lowest BCUT2D eigenvalue weighted by molar-refractivity contribution is -0.143. The number of aryl methyl sites for hydroxylation is 1. The summed E-state index contributed by atoms with van der Waals surface area (Å²) >= 11 is 0. The monoisotopic (exact) mass is 515 g/mol. The van der Waals surface area contributed by atoms with Gasteiger partial charge in [-0.05, 0) is 60.9 Å². The molecule has 0 atom stereocenters. The molecule has 0 spiro atoms. The molecule has 0 bridgehead atoms. The molecule has 0 fully saturated rings. The first-order valence-corrected chi connectivity index (χ1v) is 12.4. The lowest BCUT2D eigenvalue weighted by Gasteiger charge is -2.23. The number of esters is 1. The smallest absolute Gasteiger partial charge is 0.322 e. The summed E-state index contributed by atoms with van der Waals surface area (Å²) in [5, 5.41) is 12.4. The summed E-state index contributed by atoms with van der Waals surface area (Å²) in [7, 11) is 0. The highest BCUT2D eigenvalue weighted by molar-refractivity contribution is 6.34. The van der Waals surface area contributed by atoms with Gasteiger partial charge in [-0.3, -0.25) is 19.3 Å². The predicted octanol–water partition coefficient (Wildman–Crippen LogP) is 3.69. The molecule has 0 aromatic heterocycles. The minimum atomic E-state index is -0.413. The van der Waals surface area contributed by atoms with Crippen LogP contribution < -0.4 is 15.1 Å². The topological polar surface area (TPSA) is 116 Å². The molecular weight excluding hydrogens is 486 g/mol. The highest BCUT2D eigenvalue weighted by Gasteiger charge is 2.36. The van der Waals surface area contributed by atoms with Crippen molar-refractivity contribution in [1.29, 1.82) is 0 Å². The van der Waals surface area contributed by atoms with Gasteiger partial charge in [0, 0.05) is 18.7 Å². The Bertz CT molecular complexity index is 1300. The van der Waals surface area contributed by atoms with Crippen molar-refractivity contribution in [1.82, 2.24) is 5.32 Å². The first kappa shape index (κ1) is 26.6. The summed E-state index contributed by atoms with van der Waals surface area (Å²) in [5.41, 5.74) is 3.37. The Morgan fingerprint density at radius 1 is 0.921 bits per heavy atom. The third kappa shape index (κ3) is 5.90. The van der Waals surface area contributed by atoms with Crippen LogP contribution in [0.15, 0.2) is 72.8 Å². The number of hydrogen-bond donors (Lipinski definition) is 2. The van der Waals surface area contributed by atoms with E-state index < -0.39 is 6.03 Å². The van der Waals surface area contributed by atoms with Crippen molar-refractivity contribution >= 4 is 35.2 Å². The number of hydrogen-bond acceptors (Lipinski definition) is 6. The molecule has 0 unspecified atom stereocenters. The second-order valence-corrected chi connectivity index (χ2v) is 8.67. The van der Waals surface area contributed by atoms with Gasteiger partial charge in [-0.15, -0.1) is 0 Å². The predicted molar refractivity (Wildman–Crippen MR) is 142 cm³/mol. The van der Waals surface area contributed by atoms with Gasteiger partial charge in [-0.1, -0.05) is 36.4 Å². The first-order chi connectivity index (χ1) is 18.4. The summed E-state index contributed by atoms with van der Waals surface area (Å²) < 4.78 is 4.95. The van der Waals surface area contributed by atoms with E-state index in [-0.39, 0.29) is 43.9 Å². The number of nitrogens with zero attached hydrogens (tertiary/aromatic N) is 2. The van der Waals surface area contributed by atoms with E-state index >= 15 is 0 Å². The molecule has 0 radical (unpaired) electrons. The van der Waals surface area contributed by atoms with Crippen LogP contribution in [0.4, 0.5) is 16.2 Å². The molecule has 0 saturated carbocycles. The molecule has 9 heteroatoms. The van der Waals surface area contributed by atoms with Gasteiger partial charge < -0.3 is 15.2 Å². The molecule has 9 nitrogen and oxygen atoms in total. The fraction of sp³-hybridized carbons (Fsp3) is 0.241. The van der Waals surface area contributed by atoms with E-state index in [1.165, 1.54) is 4.90 Å². The van der Waals surface area contributed by atoms with Crippen molar-refractivity contribution in [2.45, 2.75) is 26.3 Å². The largest absolute Gasteiger partial charge is 0.466 e. The number of carbonyl (C=O) groups is 4. The van der Waals surface area contributed by atoms with Crippen LogP contribution >= 0.6 is 0 Å². The van der Waals surface area contributed by atoms with Gasteiger partial charge in [0.2, 0.25) is 0 Å². The number of anilines is 2. The van der Waals surface area contributed by atoms with Crippen LogP contribution in [-0.2, 0) is 22.5 Å². The van der Waals surface area contributed by atoms with Crippen LogP contribution in [0.1, 0.15) is 45.2 Å². The van der Waals surface area contributed by atoms with E-state index in [0.717, 1.165) is 10.5 Å². The molecule has 196 valence electrons. The molecule has 2 N–H and O–H groups in total. The van der Waals surface area contributed by atoms with E-state index in [2.05, 4.69) is 5.32 Å². The average Bonchev–Trinajstić information content (AvgIpc) is 3.19. The second-order valence-electron chi connectivity index (χ2n) is 8.67. The van der Waals surface area contributed by atoms with Gasteiger partial charge in [-0.2, -0.15) is 0 Å². The van der Waals surface area contributed by atoms with Gasteiger partial charge in [0.25, 0.3) is 11.8 Å². The second kappa shape index (κ2) is 12.2. The van der Waals surface area contributed by atoms with E-state index in [9.17, 15) is 24.3 Å². The standard InChI is InChI=1S/C29H29N3O6/c1-2-38-26(34)15-12-20-10-13-22(14-11-20)31(16-17-33)29(37)30-19-21-6-5-7-23(18-21)32-27(35)24-8-3-4-9-25(24)28(32)36/h3-11,13-14,18,33H,2,12,15-17,19H2,1H3,(H,30,37). The molecule has 1 heterocycles.